The first-order chi connectivity index (χ1) is 13.8. The number of ether oxygens (including phenoxy) is 1. The van der Waals surface area contributed by atoms with Crippen molar-refractivity contribution < 1.29 is 14.3 Å². The summed E-state index contributed by atoms with van der Waals surface area (Å²) < 4.78 is 5.33. The predicted molar refractivity (Wildman–Crippen MR) is 114 cm³/mol. The Morgan fingerprint density at radius 1 is 1.10 bits per heavy atom. The molecule has 4 aliphatic rings. The minimum atomic E-state index is -0.598. The Kier molecular flexibility index (Phi) is 5.54. The minimum Gasteiger partial charge on any atom is -0.495 e. The fraction of sp³-hybridized carbons (Fsp3) is 0.652. The molecule has 0 heterocycles. The molecule has 0 radical (unpaired) electrons. The Bertz CT molecular complexity index is 772. The number of carbonyl (C=O) groups excluding carboxylic acids is 2. The van der Waals surface area contributed by atoms with Gasteiger partial charge in [-0.2, -0.15) is 0 Å². The number of hydrogen-bond acceptors (Lipinski definition) is 3. The van der Waals surface area contributed by atoms with Gasteiger partial charge in [-0.1, -0.05) is 25.4 Å². The molecule has 1 aromatic rings. The Labute approximate surface area is 177 Å². The molecular formula is C23H31ClN2O3. The Balaban J connectivity index is 1.49. The van der Waals surface area contributed by atoms with E-state index < -0.39 is 6.04 Å². The van der Waals surface area contributed by atoms with Crippen molar-refractivity contribution in [1.82, 2.24) is 5.32 Å². The van der Waals surface area contributed by atoms with E-state index in [-0.39, 0.29) is 23.1 Å². The van der Waals surface area contributed by atoms with Crippen LogP contribution in [-0.2, 0) is 9.59 Å². The molecule has 158 valence electrons. The molecule has 6 heteroatoms. The maximum absolute atomic E-state index is 13.4. The van der Waals surface area contributed by atoms with Crippen molar-refractivity contribution in [3.05, 3.63) is 23.2 Å². The fourth-order valence-corrected chi connectivity index (χ4v) is 6.38. The summed E-state index contributed by atoms with van der Waals surface area (Å²) in [4.78, 5) is 26.5. The van der Waals surface area contributed by atoms with Crippen molar-refractivity contribution in [3.8, 4) is 5.75 Å². The second-order valence-electron chi connectivity index (χ2n) is 9.73. The van der Waals surface area contributed by atoms with E-state index in [0.717, 1.165) is 19.3 Å². The van der Waals surface area contributed by atoms with Gasteiger partial charge < -0.3 is 15.4 Å². The van der Waals surface area contributed by atoms with Crippen LogP contribution in [0.1, 0.15) is 52.4 Å². The lowest BCUT2D eigenvalue weighted by atomic mass is 9.49. The second kappa shape index (κ2) is 7.82. The molecule has 4 bridgehead atoms. The molecule has 4 fully saturated rings. The van der Waals surface area contributed by atoms with E-state index in [9.17, 15) is 9.59 Å². The maximum atomic E-state index is 13.4. The van der Waals surface area contributed by atoms with Crippen molar-refractivity contribution in [2.24, 2.45) is 29.1 Å². The third-order valence-corrected chi connectivity index (χ3v) is 7.41. The predicted octanol–water partition coefficient (Wildman–Crippen LogP) is 4.64. The van der Waals surface area contributed by atoms with Crippen molar-refractivity contribution in [1.29, 1.82) is 0 Å². The van der Waals surface area contributed by atoms with Crippen LogP contribution in [0.4, 0.5) is 5.69 Å². The highest BCUT2D eigenvalue weighted by Gasteiger charge is 2.55. The highest BCUT2D eigenvalue weighted by molar-refractivity contribution is 6.31. The highest BCUT2D eigenvalue weighted by Crippen LogP contribution is 2.60. The van der Waals surface area contributed by atoms with Gasteiger partial charge in [0.05, 0.1) is 12.8 Å². The topological polar surface area (TPSA) is 67.4 Å². The monoisotopic (exact) mass is 418 g/mol. The van der Waals surface area contributed by atoms with Crippen LogP contribution in [0, 0.1) is 29.1 Å². The lowest BCUT2D eigenvalue weighted by molar-refractivity contribution is -0.148. The lowest BCUT2D eigenvalue weighted by Crippen LogP contribution is -2.57. The smallest absolute Gasteiger partial charge is 0.247 e. The second-order valence-corrected chi connectivity index (χ2v) is 10.2. The number of amides is 2. The Morgan fingerprint density at radius 2 is 1.69 bits per heavy atom. The number of hydrogen-bond donors (Lipinski definition) is 2. The van der Waals surface area contributed by atoms with Gasteiger partial charge in [-0.3, -0.25) is 9.59 Å². The molecule has 1 atom stereocenters. The van der Waals surface area contributed by atoms with Gasteiger partial charge in [0.15, 0.2) is 0 Å². The van der Waals surface area contributed by atoms with E-state index in [1.54, 1.807) is 25.3 Å². The summed E-state index contributed by atoms with van der Waals surface area (Å²) in [5, 5.41) is 6.53. The fourth-order valence-electron chi connectivity index (χ4n) is 6.21. The summed E-state index contributed by atoms with van der Waals surface area (Å²) in [7, 11) is 1.55. The lowest BCUT2D eigenvalue weighted by Gasteiger charge is -2.55. The van der Waals surface area contributed by atoms with Crippen LogP contribution < -0.4 is 15.4 Å². The molecule has 4 saturated carbocycles. The van der Waals surface area contributed by atoms with Crippen LogP contribution in [0.5, 0.6) is 5.75 Å². The molecule has 2 N–H and O–H groups in total. The number of rotatable bonds is 6. The van der Waals surface area contributed by atoms with Crippen LogP contribution in [0.25, 0.3) is 0 Å². The van der Waals surface area contributed by atoms with E-state index in [4.69, 9.17) is 16.3 Å². The van der Waals surface area contributed by atoms with Gasteiger partial charge in [-0.05, 0) is 80.4 Å². The number of nitrogens with one attached hydrogen (secondary N) is 2. The van der Waals surface area contributed by atoms with Crippen LogP contribution in [0.15, 0.2) is 18.2 Å². The van der Waals surface area contributed by atoms with E-state index in [2.05, 4.69) is 10.6 Å². The average molecular weight is 419 g/mol. The first-order valence-corrected chi connectivity index (χ1v) is 11.1. The third kappa shape index (κ3) is 3.98. The van der Waals surface area contributed by atoms with E-state index in [1.165, 1.54) is 19.3 Å². The molecule has 1 aromatic carbocycles. The molecular weight excluding hydrogens is 388 g/mol. The molecule has 0 spiro atoms. The first kappa shape index (κ1) is 20.5. The highest BCUT2D eigenvalue weighted by atomic mass is 35.5. The zero-order chi connectivity index (χ0) is 20.8. The minimum absolute atomic E-state index is 0.0296. The van der Waals surface area contributed by atoms with Gasteiger partial charge in [0.2, 0.25) is 11.8 Å². The first-order valence-electron chi connectivity index (χ1n) is 10.7. The van der Waals surface area contributed by atoms with Crippen molar-refractivity contribution in [3.63, 3.8) is 0 Å². The number of benzene rings is 1. The third-order valence-electron chi connectivity index (χ3n) is 7.18. The molecule has 0 aliphatic heterocycles. The van der Waals surface area contributed by atoms with Crippen molar-refractivity contribution >= 4 is 29.1 Å². The van der Waals surface area contributed by atoms with E-state index >= 15 is 0 Å². The van der Waals surface area contributed by atoms with Crippen molar-refractivity contribution in [2.45, 2.75) is 58.4 Å². The number of methoxy groups -OCH3 is 1. The van der Waals surface area contributed by atoms with Crippen molar-refractivity contribution in [2.75, 3.05) is 12.4 Å². The molecule has 29 heavy (non-hydrogen) atoms. The van der Waals surface area contributed by atoms with Crippen LogP contribution in [0.3, 0.4) is 0 Å². The van der Waals surface area contributed by atoms with E-state index in [0.29, 0.717) is 34.2 Å². The molecule has 4 aliphatic carbocycles. The number of carbonyl (C=O) groups is 2. The average Bonchev–Trinajstić information content (AvgIpc) is 2.64. The van der Waals surface area contributed by atoms with Crippen LogP contribution in [-0.4, -0.2) is 25.0 Å². The molecule has 0 saturated heterocycles. The quantitative estimate of drug-likeness (QED) is 0.706. The molecule has 0 unspecified atom stereocenters. The zero-order valence-corrected chi connectivity index (χ0v) is 18.2. The molecule has 5 nitrogen and oxygen atoms in total. The standard InChI is InChI=1S/C23H31ClN2O3/c1-13(2)20(21(27)25-18-9-17(24)4-5-19(18)29-3)26-22(28)23-10-14-6-15(11-23)8-16(7-14)12-23/h4-5,9,13-16,20H,6-8,10-12H2,1-3H3,(H,25,27)(H,26,28)/t14?,15?,16?,20-,23?/m1/s1. The van der Waals surface area contributed by atoms with Crippen LogP contribution in [0.2, 0.25) is 5.02 Å². The molecule has 0 aromatic heterocycles. The zero-order valence-electron chi connectivity index (χ0n) is 17.5. The Morgan fingerprint density at radius 3 is 2.21 bits per heavy atom. The summed E-state index contributed by atoms with van der Waals surface area (Å²) >= 11 is 6.08. The number of anilines is 1. The van der Waals surface area contributed by atoms with Gasteiger partial charge in [0, 0.05) is 10.4 Å². The SMILES string of the molecule is COc1ccc(Cl)cc1NC(=O)[C@H](NC(=O)C12CC3CC(CC(C3)C1)C2)C(C)C. The van der Waals surface area contributed by atoms with Gasteiger partial charge in [0.25, 0.3) is 0 Å². The largest absolute Gasteiger partial charge is 0.495 e. The van der Waals surface area contributed by atoms with Crippen LogP contribution >= 0.6 is 11.6 Å². The van der Waals surface area contributed by atoms with E-state index in [1.807, 2.05) is 13.8 Å². The van der Waals surface area contributed by atoms with Gasteiger partial charge >= 0.3 is 0 Å². The summed E-state index contributed by atoms with van der Waals surface area (Å²) in [6.45, 7) is 3.92. The van der Waals surface area contributed by atoms with Gasteiger partial charge in [0.1, 0.15) is 11.8 Å². The summed E-state index contributed by atoms with van der Waals surface area (Å²) in [5.41, 5.74) is 0.246. The van der Waals surface area contributed by atoms with Gasteiger partial charge in [-0.15, -0.1) is 0 Å². The summed E-state index contributed by atoms with van der Waals surface area (Å²) in [6.07, 6.45) is 6.82. The normalized spacial score (nSPS) is 30.9. The summed E-state index contributed by atoms with van der Waals surface area (Å²) in [5.74, 6) is 2.41. The molecule has 5 rings (SSSR count). The molecule has 2 amide bonds. The Hall–Kier alpha value is -1.75. The summed E-state index contributed by atoms with van der Waals surface area (Å²) in [6, 6.07) is 4.50. The maximum Gasteiger partial charge on any atom is 0.247 e. The number of halogens is 1. The van der Waals surface area contributed by atoms with Gasteiger partial charge in [-0.25, -0.2) is 0 Å².